The van der Waals surface area contributed by atoms with E-state index < -0.39 is 0 Å². The lowest BCUT2D eigenvalue weighted by atomic mass is 9.77. The molecule has 2 atom stereocenters. The predicted molar refractivity (Wildman–Crippen MR) is 90.6 cm³/mol. The summed E-state index contributed by atoms with van der Waals surface area (Å²) in [7, 11) is 0. The average molecular weight is 293 g/mol. The molecule has 0 aromatic heterocycles. The van der Waals surface area contributed by atoms with Crippen LogP contribution in [0.2, 0.25) is 0 Å². The van der Waals surface area contributed by atoms with Gasteiger partial charge in [0.15, 0.2) is 0 Å². The van der Waals surface area contributed by atoms with Gasteiger partial charge in [0.2, 0.25) is 0 Å². The minimum absolute atomic E-state index is 0.787. The van der Waals surface area contributed by atoms with Crippen LogP contribution < -0.4 is 5.32 Å². The van der Waals surface area contributed by atoms with E-state index in [4.69, 9.17) is 0 Å². The summed E-state index contributed by atoms with van der Waals surface area (Å²) in [5.41, 5.74) is 0.787. The van der Waals surface area contributed by atoms with E-state index in [1.807, 2.05) is 0 Å². The minimum Gasteiger partial charge on any atom is -0.314 e. The highest BCUT2D eigenvalue weighted by Crippen LogP contribution is 2.46. The van der Waals surface area contributed by atoms with Crippen LogP contribution in [0.15, 0.2) is 0 Å². The standard InChI is InChI=1S/C19H36N2/c1-2-13-20-18-7-5-6-17(18)8-14-21-15-11-19(12-16-21)9-3-4-10-19/h17-18,20H,2-16H2,1H3. The second-order valence-corrected chi connectivity index (χ2v) is 8.09. The number of hydrogen-bond donors (Lipinski definition) is 1. The van der Waals surface area contributed by atoms with Gasteiger partial charge in [-0.15, -0.1) is 0 Å². The van der Waals surface area contributed by atoms with Gasteiger partial charge in [0.25, 0.3) is 0 Å². The van der Waals surface area contributed by atoms with Crippen molar-refractivity contribution in [2.45, 2.75) is 83.6 Å². The van der Waals surface area contributed by atoms with Gasteiger partial charge in [-0.1, -0.05) is 26.2 Å². The summed E-state index contributed by atoms with van der Waals surface area (Å²) in [6, 6.07) is 0.830. The van der Waals surface area contributed by atoms with E-state index >= 15 is 0 Å². The van der Waals surface area contributed by atoms with Crippen LogP contribution in [0.4, 0.5) is 0 Å². The van der Waals surface area contributed by atoms with Crippen molar-refractivity contribution >= 4 is 0 Å². The number of rotatable bonds is 6. The van der Waals surface area contributed by atoms with Crippen molar-refractivity contribution < 1.29 is 0 Å². The first-order valence-electron chi connectivity index (χ1n) is 9.77. The summed E-state index contributed by atoms with van der Waals surface area (Å²) in [5, 5.41) is 3.79. The predicted octanol–water partition coefficient (Wildman–Crippen LogP) is 4.20. The van der Waals surface area contributed by atoms with E-state index in [9.17, 15) is 0 Å². The highest BCUT2D eigenvalue weighted by Gasteiger charge is 2.37. The SMILES string of the molecule is CCCNC1CCCC1CCN1CCC2(CCCC2)CC1. The normalized spacial score (nSPS) is 33.0. The smallest absolute Gasteiger partial charge is 0.00958 e. The molecule has 1 aliphatic heterocycles. The van der Waals surface area contributed by atoms with Crippen molar-refractivity contribution in [1.29, 1.82) is 0 Å². The molecule has 0 aromatic carbocycles. The third-order valence-electron chi connectivity index (χ3n) is 6.71. The van der Waals surface area contributed by atoms with Crippen LogP contribution in [0.25, 0.3) is 0 Å². The Morgan fingerprint density at radius 2 is 1.76 bits per heavy atom. The molecule has 3 fully saturated rings. The molecule has 3 rings (SSSR count). The fraction of sp³-hybridized carbons (Fsp3) is 1.00. The van der Waals surface area contributed by atoms with Gasteiger partial charge in [-0.25, -0.2) is 0 Å². The first kappa shape index (κ1) is 15.8. The van der Waals surface area contributed by atoms with E-state index in [0.717, 1.165) is 17.4 Å². The number of hydrogen-bond acceptors (Lipinski definition) is 2. The second kappa shape index (κ2) is 7.46. The summed E-state index contributed by atoms with van der Waals surface area (Å²) < 4.78 is 0. The molecular weight excluding hydrogens is 256 g/mol. The maximum atomic E-state index is 3.79. The molecule has 2 nitrogen and oxygen atoms in total. The first-order chi connectivity index (χ1) is 10.3. The molecule has 0 aromatic rings. The maximum Gasteiger partial charge on any atom is 0.00958 e. The highest BCUT2D eigenvalue weighted by molar-refractivity contribution is 4.90. The van der Waals surface area contributed by atoms with Crippen LogP contribution in [0.5, 0.6) is 0 Å². The molecule has 1 spiro atoms. The van der Waals surface area contributed by atoms with E-state index in [1.165, 1.54) is 96.8 Å². The summed E-state index contributed by atoms with van der Waals surface area (Å²) >= 11 is 0. The number of piperidine rings is 1. The molecule has 1 heterocycles. The molecule has 21 heavy (non-hydrogen) atoms. The van der Waals surface area contributed by atoms with Crippen LogP contribution in [-0.2, 0) is 0 Å². The number of nitrogens with one attached hydrogen (secondary N) is 1. The summed E-state index contributed by atoms with van der Waals surface area (Å²) in [4.78, 5) is 2.78. The fourth-order valence-corrected chi connectivity index (χ4v) is 5.21. The third kappa shape index (κ3) is 4.01. The summed E-state index contributed by atoms with van der Waals surface area (Å²) in [6.45, 7) is 7.64. The number of nitrogens with zero attached hydrogens (tertiary/aromatic N) is 1. The molecule has 3 aliphatic rings. The lowest BCUT2D eigenvalue weighted by Gasteiger charge is -2.40. The van der Waals surface area contributed by atoms with Crippen molar-refractivity contribution in [3.05, 3.63) is 0 Å². The van der Waals surface area contributed by atoms with Crippen LogP contribution in [-0.4, -0.2) is 37.1 Å². The quantitative estimate of drug-likeness (QED) is 0.789. The Hall–Kier alpha value is -0.0800. The van der Waals surface area contributed by atoms with E-state index in [-0.39, 0.29) is 0 Å². The van der Waals surface area contributed by atoms with Gasteiger partial charge in [-0.2, -0.15) is 0 Å². The molecule has 122 valence electrons. The summed E-state index contributed by atoms with van der Waals surface area (Å²) in [6.07, 6.45) is 16.1. The Morgan fingerprint density at radius 3 is 2.48 bits per heavy atom. The van der Waals surface area contributed by atoms with Gasteiger partial charge in [0.1, 0.15) is 0 Å². The Labute approximate surface area is 132 Å². The van der Waals surface area contributed by atoms with Crippen LogP contribution in [0.1, 0.15) is 77.6 Å². The molecular formula is C19H36N2. The second-order valence-electron chi connectivity index (χ2n) is 8.09. The van der Waals surface area contributed by atoms with E-state index in [1.54, 1.807) is 0 Å². The topological polar surface area (TPSA) is 15.3 Å². The van der Waals surface area contributed by atoms with Gasteiger partial charge in [0, 0.05) is 6.04 Å². The van der Waals surface area contributed by atoms with E-state index in [0.29, 0.717) is 0 Å². The Morgan fingerprint density at radius 1 is 1.00 bits per heavy atom. The molecule has 2 saturated carbocycles. The van der Waals surface area contributed by atoms with Crippen LogP contribution in [0, 0.1) is 11.3 Å². The fourth-order valence-electron chi connectivity index (χ4n) is 5.21. The van der Waals surface area contributed by atoms with Crippen molar-refractivity contribution in [3.63, 3.8) is 0 Å². The molecule has 0 amide bonds. The monoisotopic (exact) mass is 292 g/mol. The molecule has 2 aliphatic carbocycles. The van der Waals surface area contributed by atoms with Gasteiger partial charge >= 0.3 is 0 Å². The molecule has 0 radical (unpaired) electrons. The third-order valence-corrected chi connectivity index (χ3v) is 6.71. The molecule has 2 unspecified atom stereocenters. The van der Waals surface area contributed by atoms with Crippen molar-refractivity contribution in [1.82, 2.24) is 10.2 Å². The zero-order valence-electron chi connectivity index (χ0n) is 14.2. The van der Waals surface area contributed by atoms with Crippen LogP contribution in [0.3, 0.4) is 0 Å². The molecule has 1 saturated heterocycles. The molecule has 0 bridgehead atoms. The lowest BCUT2D eigenvalue weighted by Crippen LogP contribution is -2.41. The Kier molecular flexibility index (Phi) is 5.61. The maximum absolute atomic E-state index is 3.79. The van der Waals surface area contributed by atoms with Gasteiger partial charge < -0.3 is 10.2 Å². The Balaban J connectivity index is 1.37. The van der Waals surface area contributed by atoms with Crippen molar-refractivity contribution in [3.8, 4) is 0 Å². The van der Waals surface area contributed by atoms with Crippen LogP contribution >= 0.6 is 0 Å². The molecule has 2 heteroatoms. The Bertz CT molecular complexity index is 299. The number of likely N-dealkylation sites (tertiary alicyclic amines) is 1. The first-order valence-corrected chi connectivity index (χ1v) is 9.77. The van der Waals surface area contributed by atoms with Gasteiger partial charge in [0.05, 0.1) is 0 Å². The lowest BCUT2D eigenvalue weighted by molar-refractivity contribution is 0.103. The highest BCUT2D eigenvalue weighted by atomic mass is 15.1. The zero-order valence-corrected chi connectivity index (χ0v) is 14.2. The van der Waals surface area contributed by atoms with Gasteiger partial charge in [-0.3, -0.25) is 0 Å². The van der Waals surface area contributed by atoms with Crippen molar-refractivity contribution in [2.24, 2.45) is 11.3 Å². The largest absolute Gasteiger partial charge is 0.314 e. The van der Waals surface area contributed by atoms with E-state index in [2.05, 4.69) is 17.1 Å². The zero-order chi connectivity index (χ0) is 14.5. The summed E-state index contributed by atoms with van der Waals surface area (Å²) in [5.74, 6) is 0.957. The average Bonchev–Trinajstić information content (AvgIpc) is 3.14. The minimum atomic E-state index is 0.787. The van der Waals surface area contributed by atoms with Crippen molar-refractivity contribution in [2.75, 3.05) is 26.2 Å². The van der Waals surface area contributed by atoms with Gasteiger partial charge in [-0.05, 0) is 88.9 Å². The molecule has 1 N–H and O–H groups in total.